The highest BCUT2D eigenvalue weighted by atomic mass is 32.2. The SMILES string of the molecule is CS(=O)(=O)NCCCNc1ncnc2c(F)cccc12. The summed E-state index contributed by atoms with van der Waals surface area (Å²) in [6.45, 7) is 0.856. The van der Waals surface area contributed by atoms with Gasteiger partial charge in [-0.15, -0.1) is 0 Å². The maximum Gasteiger partial charge on any atom is 0.208 e. The van der Waals surface area contributed by atoms with E-state index in [-0.39, 0.29) is 5.52 Å². The molecular weight excluding hydrogens is 283 g/mol. The van der Waals surface area contributed by atoms with Gasteiger partial charge >= 0.3 is 0 Å². The van der Waals surface area contributed by atoms with Crippen LogP contribution < -0.4 is 10.0 Å². The Morgan fingerprint density at radius 2 is 2.05 bits per heavy atom. The predicted molar refractivity (Wildman–Crippen MR) is 75.4 cm³/mol. The van der Waals surface area contributed by atoms with Crippen LogP contribution in [-0.2, 0) is 10.0 Å². The van der Waals surface area contributed by atoms with Crippen molar-refractivity contribution < 1.29 is 12.8 Å². The van der Waals surface area contributed by atoms with Crippen molar-refractivity contribution in [2.24, 2.45) is 0 Å². The van der Waals surface area contributed by atoms with Crippen LogP contribution in [0.4, 0.5) is 10.2 Å². The maximum atomic E-state index is 13.5. The van der Waals surface area contributed by atoms with Gasteiger partial charge in [0.2, 0.25) is 10.0 Å². The first kappa shape index (κ1) is 14.6. The summed E-state index contributed by atoms with van der Waals surface area (Å²) in [7, 11) is -3.16. The van der Waals surface area contributed by atoms with Crippen molar-refractivity contribution in [3.63, 3.8) is 0 Å². The lowest BCUT2D eigenvalue weighted by molar-refractivity contribution is 0.586. The van der Waals surface area contributed by atoms with E-state index in [0.29, 0.717) is 30.7 Å². The Balaban J connectivity index is 1.99. The van der Waals surface area contributed by atoms with Gasteiger partial charge in [-0.1, -0.05) is 6.07 Å². The van der Waals surface area contributed by atoms with Crippen molar-refractivity contribution >= 4 is 26.7 Å². The molecule has 0 saturated heterocycles. The predicted octanol–water partition coefficient (Wildman–Crippen LogP) is 1.12. The molecule has 8 heteroatoms. The largest absolute Gasteiger partial charge is 0.369 e. The van der Waals surface area contributed by atoms with Crippen LogP contribution in [0.2, 0.25) is 0 Å². The number of hydrogen-bond donors (Lipinski definition) is 2. The van der Waals surface area contributed by atoms with E-state index >= 15 is 0 Å². The summed E-state index contributed by atoms with van der Waals surface area (Å²) >= 11 is 0. The van der Waals surface area contributed by atoms with E-state index in [2.05, 4.69) is 20.0 Å². The zero-order valence-electron chi connectivity index (χ0n) is 10.9. The molecule has 0 bridgehead atoms. The minimum atomic E-state index is -3.16. The lowest BCUT2D eigenvalue weighted by atomic mass is 10.2. The molecule has 20 heavy (non-hydrogen) atoms. The van der Waals surface area contributed by atoms with Crippen LogP contribution in [0, 0.1) is 5.82 Å². The molecule has 0 fully saturated rings. The summed E-state index contributed by atoms with van der Waals surface area (Å²) in [5.41, 5.74) is 0.263. The molecule has 1 aromatic carbocycles. The molecule has 1 aromatic heterocycles. The lowest BCUT2D eigenvalue weighted by Gasteiger charge is -2.08. The topological polar surface area (TPSA) is 84.0 Å². The van der Waals surface area contributed by atoms with Gasteiger partial charge in [-0.25, -0.2) is 27.5 Å². The summed E-state index contributed by atoms with van der Waals surface area (Å²) < 4.78 is 37.7. The highest BCUT2D eigenvalue weighted by Gasteiger charge is 2.06. The molecule has 2 aromatic rings. The quantitative estimate of drug-likeness (QED) is 0.781. The number of fused-ring (bicyclic) bond motifs is 1. The number of anilines is 1. The Morgan fingerprint density at radius 3 is 2.80 bits per heavy atom. The molecule has 0 aliphatic heterocycles. The van der Waals surface area contributed by atoms with E-state index in [1.54, 1.807) is 12.1 Å². The number of nitrogens with zero attached hydrogens (tertiary/aromatic N) is 2. The highest BCUT2D eigenvalue weighted by Crippen LogP contribution is 2.20. The van der Waals surface area contributed by atoms with E-state index in [1.807, 2.05) is 0 Å². The van der Waals surface area contributed by atoms with Crippen molar-refractivity contribution in [2.45, 2.75) is 6.42 Å². The number of sulfonamides is 1. The van der Waals surface area contributed by atoms with Gasteiger partial charge in [-0.2, -0.15) is 0 Å². The average Bonchev–Trinajstić information content (AvgIpc) is 2.38. The number of para-hydroxylation sites is 1. The fourth-order valence-corrected chi connectivity index (χ4v) is 2.26. The molecule has 0 aliphatic carbocycles. The van der Waals surface area contributed by atoms with Gasteiger partial charge in [0.1, 0.15) is 23.5 Å². The van der Waals surface area contributed by atoms with Crippen molar-refractivity contribution in [3.05, 3.63) is 30.3 Å². The van der Waals surface area contributed by atoms with E-state index in [1.165, 1.54) is 12.4 Å². The summed E-state index contributed by atoms with van der Waals surface area (Å²) in [6, 6.07) is 4.67. The zero-order valence-corrected chi connectivity index (χ0v) is 11.7. The second-order valence-corrected chi connectivity index (χ2v) is 6.14. The van der Waals surface area contributed by atoms with Crippen molar-refractivity contribution in [1.82, 2.24) is 14.7 Å². The highest BCUT2D eigenvalue weighted by molar-refractivity contribution is 7.88. The van der Waals surface area contributed by atoms with Crippen LogP contribution in [0.3, 0.4) is 0 Å². The number of nitrogens with one attached hydrogen (secondary N) is 2. The molecule has 2 rings (SSSR count). The Hall–Kier alpha value is -1.80. The average molecular weight is 298 g/mol. The fourth-order valence-electron chi connectivity index (χ4n) is 1.75. The van der Waals surface area contributed by atoms with Crippen LogP contribution >= 0.6 is 0 Å². The molecule has 2 N–H and O–H groups in total. The first-order valence-corrected chi connectivity index (χ1v) is 7.94. The van der Waals surface area contributed by atoms with Crippen molar-refractivity contribution in [1.29, 1.82) is 0 Å². The first-order chi connectivity index (χ1) is 9.47. The van der Waals surface area contributed by atoms with Crippen LogP contribution in [-0.4, -0.2) is 37.7 Å². The van der Waals surface area contributed by atoms with Crippen LogP contribution in [0.15, 0.2) is 24.5 Å². The summed E-state index contributed by atoms with van der Waals surface area (Å²) in [5, 5.41) is 3.65. The van der Waals surface area contributed by atoms with Gasteiger partial charge in [-0.05, 0) is 18.6 Å². The Bertz CT molecular complexity index is 706. The molecule has 0 spiro atoms. The van der Waals surface area contributed by atoms with Gasteiger partial charge in [0.15, 0.2) is 0 Å². The van der Waals surface area contributed by atoms with E-state index < -0.39 is 15.8 Å². The molecule has 6 nitrogen and oxygen atoms in total. The van der Waals surface area contributed by atoms with Crippen molar-refractivity contribution in [3.8, 4) is 0 Å². The monoisotopic (exact) mass is 298 g/mol. The Kier molecular flexibility index (Phi) is 4.46. The molecule has 0 unspecified atom stereocenters. The lowest BCUT2D eigenvalue weighted by Crippen LogP contribution is -2.24. The molecule has 0 aliphatic rings. The van der Waals surface area contributed by atoms with Gasteiger partial charge in [0.25, 0.3) is 0 Å². The molecule has 108 valence electrons. The third kappa shape index (κ3) is 3.84. The number of halogens is 1. The second kappa shape index (κ2) is 6.10. The zero-order chi connectivity index (χ0) is 14.6. The van der Waals surface area contributed by atoms with Gasteiger partial charge in [0.05, 0.1) is 6.26 Å². The molecule has 1 heterocycles. The molecule has 0 atom stereocenters. The smallest absolute Gasteiger partial charge is 0.208 e. The first-order valence-electron chi connectivity index (χ1n) is 6.05. The van der Waals surface area contributed by atoms with Crippen molar-refractivity contribution in [2.75, 3.05) is 24.7 Å². The van der Waals surface area contributed by atoms with E-state index in [9.17, 15) is 12.8 Å². The third-order valence-electron chi connectivity index (χ3n) is 2.63. The summed E-state index contributed by atoms with van der Waals surface area (Å²) in [6.07, 6.45) is 3.00. The minimum Gasteiger partial charge on any atom is -0.369 e. The summed E-state index contributed by atoms with van der Waals surface area (Å²) in [5.74, 6) is 0.139. The number of aromatic nitrogens is 2. The van der Waals surface area contributed by atoms with Crippen LogP contribution in [0.25, 0.3) is 10.9 Å². The van der Waals surface area contributed by atoms with Crippen LogP contribution in [0.1, 0.15) is 6.42 Å². The maximum absolute atomic E-state index is 13.5. The number of benzene rings is 1. The van der Waals surface area contributed by atoms with Crippen LogP contribution in [0.5, 0.6) is 0 Å². The molecular formula is C12H15FN4O2S. The second-order valence-electron chi connectivity index (χ2n) is 4.31. The Labute approximate surface area is 116 Å². The third-order valence-corrected chi connectivity index (χ3v) is 3.35. The van der Waals surface area contributed by atoms with Gasteiger partial charge in [-0.3, -0.25) is 0 Å². The molecule has 0 radical (unpaired) electrons. The minimum absolute atomic E-state index is 0.263. The molecule has 0 amide bonds. The number of rotatable bonds is 6. The van der Waals surface area contributed by atoms with E-state index in [4.69, 9.17) is 0 Å². The fraction of sp³-hybridized carbons (Fsp3) is 0.333. The normalized spacial score (nSPS) is 11.7. The standard InChI is InChI=1S/C12H15FN4O2S/c1-20(18,19)17-7-3-6-14-12-9-4-2-5-10(13)11(9)15-8-16-12/h2,4-5,8,17H,3,6-7H2,1H3,(H,14,15,16). The number of hydrogen-bond acceptors (Lipinski definition) is 5. The summed E-state index contributed by atoms with van der Waals surface area (Å²) in [4.78, 5) is 7.97. The van der Waals surface area contributed by atoms with Gasteiger partial charge in [0, 0.05) is 18.5 Å². The molecule has 0 saturated carbocycles. The van der Waals surface area contributed by atoms with E-state index in [0.717, 1.165) is 6.26 Å². The van der Waals surface area contributed by atoms with Gasteiger partial charge < -0.3 is 5.32 Å². The Morgan fingerprint density at radius 1 is 1.25 bits per heavy atom.